The van der Waals surface area contributed by atoms with E-state index in [4.69, 9.17) is 10.8 Å². The van der Waals surface area contributed by atoms with E-state index in [1.807, 2.05) is 0 Å². The third-order valence-electron chi connectivity index (χ3n) is 2.44. The van der Waals surface area contributed by atoms with Crippen molar-refractivity contribution in [2.75, 3.05) is 12.3 Å². The molecule has 0 atom stereocenters. The molecular formula is C11H16Br2N2O3S. The molecule has 8 heteroatoms. The van der Waals surface area contributed by atoms with Crippen molar-refractivity contribution in [2.45, 2.75) is 30.7 Å². The van der Waals surface area contributed by atoms with Crippen LogP contribution in [0.3, 0.4) is 0 Å². The van der Waals surface area contributed by atoms with Gasteiger partial charge in [0, 0.05) is 26.8 Å². The second kappa shape index (κ2) is 6.09. The number of nitrogens with two attached hydrogens (primary N) is 1. The lowest BCUT2D eigenvalue weighted by Crippen LogP contribution is -2.44. The molecule has 0 saturated carbocycles. The molecular weight excluding hydrogens is 400 g/mol. The Morgan fingerprint density at radius 3 is 2.21 bits per heavy atom. The van der Waals surface area contributed by atoms with Crippen molar-refractivity contribution in [2.24, 2.45) is 0 Å². The lowest BCUT2D eigenvalue weighted by Gasteiger charge is -2.25. The van der Waals surface area contributed by atoms with E-state index in [2.05, 4.69) is 36.6 Å². The Labute approximate surface area is 129 Å². The number of aliphatic hydroxyl groups excluding tert-OH is 1. The van der Waals surface area contributed by atoms with E-state index in [-0.39, 0.29) is 11.5 Å². The van der Waals surface area contributed by atoms with Crippen LogP contribution in [0.2, 0.25) is 0 Å². The van der Waals surface area contributed by atoms with Crippen molar-refractivity contribution >= 4 is 47.6 Å². The van der Waals surface area contributed by atoms with Gasteiger partial charge in [0.1, 0.15) is 4.90 Å². The van der Waals surface area contributed by atoms with Crippen LogP contribution in [-0.4, -0.2) is 25.7 Å². The first-order valence-corrected chi connectivity index (χ1v) is 8.55. The van der Waals surface area contributed by atoms with E-state index in [0.717, 1.165) is 0 Å². The first kappa shape index (κ1) is 16.9. The van der Waals surface area contributed by atoms with Crippen LogP contribution >= 0.6 is 31.9 Å². The molecule has 4 N–H and O–H groups in total. The summed E-state index contributed by atoms with van der Waals surface area (Å²) in [6.45, 7) is 3.32. The van der Waals surface area contributed by atoms with E-state index < -0.39 is 15.6 Å². The zero-order chi connectivity index (χ0) is 14.8. The number of halogens is 2. The summed E-state index contributed by atoms with van der Waals surface area (Å²) in [5.41, 5.74) is 5.35. The number of sulfonamides is 1. The summed E-state index contributed by atoms with van der Waals surface area (Å²) in [6, 6.07) is 3.05. The fourth-order valence-electron chi connectivity index (χ4n) is 1.58. The highest BCUT2D eigenvalue weighted by molar-refractivity contribution is 9.11. The van der Waals surface area contributed by atoms with Gasteiger partial charge in [-0.3, -0.25) is 0 Å². The SMILES string of the molecule is CC(C)(CCO)NS(=O)(=O)c1c(Br)cc(N)cc1Br. The van der Waals surface area contributed by atoms with Crippen LogP contribution in [0, 0.1) is 0 Å². The molecule has 0 aliphatic heterocycles. The topological polar surface area (TPSA) is 92.4 Å². The molecule has 1 aromatic rings. The Hall–Kier alpha value is -0.150. The van der Waals surface area contributed by atoms with Crippen LogP contribution in [0.15, 0.2) is 26.0 Å². The van der Waals surface area contributed by atoms with Gasteiger partial charge in [0.15, 0.2) is 0 Å². The standard InChI is InChI=1S/C11H16Br2N2O3S/c1-11(2,3-4-16)15-19(17,18)10-8(12)5-7(14)6-9(10)13/h5-6,15-16H,3-4,14H2,1-2H3. The molecule has 0 aromatic heterocycles. The van der Waals surface area contributed by atoms with E-state index in [1.165, 1.54) is 12.1 Å². The normalized spacial score (nSPS) is 12.7. The van der Waals surface area contributed by atoms with Crippen LogP contribution in [-0.2, 0) is 10.0 Å². The summed E-state index contributed by atoms with van der Waals surface area (Å²) >= 11 is 6.40. The van der Waals surface area contributed by atoms with Crippen molar-refractivity contribution in [1.82, 2.24) is 4.72 Å². The Bertz CT molecular complexity index is 550. The second-order valence-electron chi connectivity index (χ2n) is 4.78. The molecule has 0 bridgehead atoms. The monoisotopic (exact) mass is 414 g/mol. The number of anilines is 1. The number of nitrogens with one attached hydrogen (secondary N) is 1. The highest BCUT2D eigenvalue weighted by Gasteiger charge is 2.29. The van der Waals surface area contributed by atoms with Gasteiger partial charge in [-0.05, 0) is 64.3 Å². The number of rotatable bonds is 5. The van der Waals surface area contributed by atoms with E-state index in [9.17, 15) is 8.42 Å². The van der Waals surface area contributed by atoms with Gasteiger partial charge in [-0.2, -0.15) is 0 Å². The Morgan fingerprint density at radius 2 is 1.79 bits per heavy atom. The predicted molar refractivity (Wildman–Crippen MR) is 82.4 cm³/mol. The van der Waals surface area contributed by atoms with Crippen molar-refractivity contribution < 1.29 is 13.5 Å². The number of nitrogen functional groups attached to an aromatic ring is 1. The number of benzene rings is 1. The Balaban J connectivity index is 3.22. The molecule has 1 rings (SSSR count). The number of aliphatic hydroxyl groups is 1. The average Bonchev–Trinajstić information content (AvgIpc) is 2.11. The minimum atomic E-state index is -3.73. The average molecular weight is 416 g/mol. The zero-order valence-corrected chi connectivity index (χ0v) is 14.6. The molecule has 0 heterocycles. The molecule has 5 nitrogen and oxygen atoms in total. The molecule has 0 radical (unpaired) electrons. The lowest BCUT2D eigenvalue weighted by molar-refractivity contribution is 0.245. The smallest absolute Gasteiger partial charge is 0.243 e. The maximum atomic E-state index is 12.4. The first-order valence-electron chi connectivity index (χ1n) is 5.48. The largest absolute Gasteiger partial charge is 0.399 e. The summed E-state index contributed by atoms with van der Waals surface area (Å²) in [5.74, 6) is 0. The lowest BCUT2D eigenvalue weighted by atomic mass is 10.0. The van der Waals surface area contributed by atoms with Gasteiger partial charge < -0.3 is 10.8 Å². The third-order valence-corrected chi connectivity index (χ3v) is 6.01. The predicted octanol–water partition coefficient (Wildman–Crippen LogP) is 2.23. The molecule has 0 unspecified atom stereocenters. The quantitative estimate of drug-likeness (QED) is 0.643. The molecule has 0 amide bonds. The minimum Gasteiger partial charge on any atom is -0.399 e. The maximum absolute atomic E-state index is 12.4. The summed E-state index contributed by atoms with van der Waals surface area (Å²) in [6.07, 6.45) is 0.316. The van der Waals surface area contributed by atoms with Crippen LogP contribution in [0.4, 0.5) is 5.69 Å². The summed E-state index contributed by atoms with van der Waals surface area (Å²) < 4.78 is 28.1. The van der Waals surface area contributed by atoms with E-state index >= 15 is 0 Å². The summed E-state index contributed by atoms with van der Waals surface area (Å²) in [7, 11) is -3.73. The van der Waals surface area contributed by atoms with Gasteiger partial charge in [0.05, 0.1) is 0 Å². The fourth-order valence-corrected chi connectivity index (χ4v) is 5.64. The third kappa shape index (κ3) is 4.42. The molecule has 19 heavy (non-hydrogen) atoms. The fraction of sp³-hybridized carbons (Fsp3) is 0.455. The van der Waals surface area contributed by atoms with Gasteiger partial charge in [0.25, 0.3) is 0 Å². The van der Waals surface area contributed by atoms with Gasteiger partial charge >= 0.3 is 0 Å². The van der Waals surface area contributed by atoms with Gasteiger partial charge in [-0.1, -0.05) is 0 Å². The molecule has 0 fully saturated rings. The van der Waals surface area contributed by atoms with Crippen molar-refractivity contribution in [3.8, 4) is 0 Å². The Morgan fingerprint density at radius 1 is 1.32 bits per heavy atom. The first-order chi connectivity index (χ1) is 8.59. The van der Waals surface area contributed by atoms with Gasteiger partial charge in [-0.25, -0.2) is 13.1 Å². The second-order valence-corrected chi connectivity index (χ2v) is 8.10. The molecule has 0 aliphatic rings. The van der Waals surface area contributed by atoms with E-state index in [1.54, 1.807) is 13.8 Å². The highest BCUT2D eigenvalue weighted by atomic mass is 79.9. The summed E-state index contributed by atoms with van der Waals surface area (Å²) in [4.78, 5) is 0.0905. The summed E-state index contributed by atoms with van der Waals surface area (Å²) in [5, 5.41) is 8.94. The van der Waals surface area contributed by atoms with Crippen molar-refractivity contribution in [3.63, 3.8) is 0 Å². The van der Waals surface area contributed by atoms with Crippen molar-refractivity contribution in [1.29, 1.82) is 0 Å². The molecule has 1 aromatic carbocycles. The van der Waals surface area contributed by atoms with Crippen LogP contribution in [0.25, 0.3) is 0 Å². The van der Waals surface area contributed by atoms with Gasteiger partial charge in [-0.15, -0.1) is 0 Å². The number of hydrogen-bond donors (Lipinski definition) is 3. The highest BCUT2D eigenvalue weighted by Crippen LogP contribution is 2.33. The van der Waals surface area contributed by atoms with Crippen LogP contribution in [0.1, 0.15) is 20.3 Å². The van der Waals surface area contributed by atoms with Gasteiger partial charge in [0.2, 0.25) is 10.0 Å². The van der Waals surface area contributed by atoms with Crippen LogP contribution in [0.5, 0.6) is 0 Å². The Kier molecular flexibility index (Phi) is 5.42. The minimum absolute atomic E-state index is 0.0905. The molecule has 0 aliphatic carbocycles. The zero-order valence-electron chi connectivity index (χ0n) is 10.6. The number of hydrogen-bond acceptors (Lipinski definition) is 4. The molecule has 0 saturated heterocycles. The molecule has 108 valence electrons. The van der Waals surface area contributed by atoms with E-state index in [0.29, 0.717) is 21.1 Å². The van der Waals surface area contributed by atoms with Crippen molar-refractivity contribution in [3.05, 3.63) is 21.1 Å². The van der Waals surface area contributed by atoms with Crippen LogP contribution < -0.4 is 10.5 Å². The maximum Gasteiger partial charge on any atom is 0.243 e. The molecule has 0 spiro atoms.